The van der Waals surface area contributed by atoms with E-state index in [0.29, 0.717) is 24.2 Å². The molecule has 0 spiro atoms. The highest BCUT2D eigenvalue weighted by Gasteiger charge is 2.42. The third-order valence-corrected chi connectivity index (χ3v) is 6.93. The lowest BCUT2D eigenvalue weighted by Gasteiger charge is -2.43. The first-order valence-corrected chi connectivity index (χ1v) is 11.3. The average molecular weight is 405 g/mol. The lowest BCUT2D eigenvalue weighted by molar-refractivity contribution is -0.162. The Balaban J connectivity index is 1.74. The Labute approximate surface area is 174 Å². The van der Waals surface area contributed by atoms with Crippen molar-refractivity contribution in [1.82, 2.24) is 0 Å². The van der Waals surface area contributed by atoms with Crippen molar-refractivity contribution in [3.63, 3.8) is 0 Å². The molecule has 1 unspecified atom stereocenters. The molecule has 0 bridgehead atoms. The standard InChI is InChI=1S/C24H36O5/c1-5-15(3)24(27)29-21-11-14(2)10-17-7-6-16(4)20(23(17)21)9-8-19-12-18(25)13-22(26)28-19/h6-7,10,14-16,18-21,23,25H,5,8-9,11-13H2,1-4H3/t14-,15-,16-,18-,19?,20-,21-,23-/m0/s1. The van der Waals surface area contributed by atoms with Crippen LogP contribution in [-0.2, 0) is 19.1 Å². The predicted molar refractivity (Wildman–Crippen MR) is 111 cm³/mol. The van der Waals surface area contributed by atoms with E-state index in [0.717, 1.165) is 25.7 Å². The van der Waals surface area contributed by atoms with Crippen LogP contribution in [0.1, 0.15) is 66.2 Å². The van der Waals surface area contributed by atoms with Crippen molar-refractivity contribution in [1.29, 1.82) is 0 Å². The third-order valence-electron chi connectivity index (χ3n) is 6.93. The van der Waals surface area contributed by atoms with Gasteiger partial charge < -0.3 is 14.6 Å². The number of aliphatic hydroxyl groups excluding tert-OH is 1. The second-order valence-corrected chi connectivity index (χ2v) is 9.36. The number of rotatable bonds is 6. The van der Waals surface area contributed by atoms with Crippen molar-refractivity contribution < 1.29 is 24.2 Å². The molecule has 8 atom stereocenters. The van der Waals surface area contributed by atoms with Gasteiger partial charge in [-0.1, -0.05) is 45.9 Å². The summed E-state index contributed by atoms with van der Waals surface area (Å²) < 4.78 is 11.5. The summed E-state index contributed by atoms with van der Waals surface area (Å²) in [7, 11) is 0. The minimum Gasteiger partial charge on any atom is -0.462 e. The van der Waals surface area contributed by atoms with E-state index in [1.54, 1.807) is 0 Å². The van der Waals surface area contributed by atoms with Gasteiger partial charge in [-0.05, 0) is 49.0 Å². The number of allylic oxidation sites excluding steroid dienone is 3. The van der Waals surface area contributed by atoms with E-state index < -0.39 is 6.10 Å². The van der Waals surface area contributed by atoms with Crippen molar-refractivity contribution in [2.24, 2.45) is 29.6 Å². The molecule has 29 heavy (non-hydrogen) atoms. The van der Waals surface area contributed by atoms with Crippen molar-refractivity contribution in [3.8, 4) is 0 Å². The molecular weight excluding hydrogens is 368 g/mol. The molecule has 5 heteroatoms. The Morgan fingerprint density at radius 2 is 2.07 bits per heavy atom. The Hall–Kier alpha value is -1.62. The van der Waals surface area contributed by atoms with Gasteiger partial charge in [-0.25, -0.2) is 0 Å². The van der Waals surface area contributed by atoms with Crippen LogP contribution in [0.2, 0.25) is 0 Å². The number of esters is 2. The fraction of sp³-hybridized carbons (Fsp3) is 0.750. The van der Waals surface area contributed by atoms with E-state index in [-0.39, 0.29) is 42.4 Å². The summed E-state index contributed by atoms with van der Waals surface area (Å²) in [6, 6.07) is 0. The van der Waals surface area contributed by atoms with Crippen molar-refractivity contribution in [2.45, 2.75) is 84.5 Å². The molecule has 1 aliphatic heterocycles. The topological polar surface area (TPSA) is 72.8 Å². The summed E-state index contributed by atoms with van der Waals surface area (Å²) in [6.45, 7) is 8.33. The van der Waals surface area contributed by atoms with E-state index in [9.17, 15) is 14.7 Å². The monoisotopic (exact) mass is 404 g/mol. The Bertz CT molecular complexity index is 666. The van der Waals surface area contributed by atoms with Gasteiger partial charge in [-0.3, -0.25) is 9.59 Å². The van der Waals surface area contributed by atoms with E-state index >= 15 is 0 Å². The molecule has 3 aliphatic rings. The fourth-order valence-corrected chi connectivity index (χ4v) is 5.07. The summed E-state index contributed by atoms with van der Waals surface area (Å²) >= 11 is 0. The van der Waals surface area contributed by atoms with Gasteiger partial charge in [-0.2, -0.15) is 0 Å². The molecule has 2 aliphatic carbocycles. The van der Waals surface area contributed by atoms with Crippen LogP contribution in [0.5, 0.6) is 0 Å². The SMILES string of the molecule is CC[C@H](C)C(=O)O[C@H]1C[C@@H](C)C=C2C=C[C@H](C)[C@H](CCC3C[C@H](O)CC(=O)O3)[C@H]21. The zero-order valence-corrected chi connectivity index (χ0v) is 18.2. The highest BCUT2D eigenvalue weighted by atomic mass is 16.5. The maximum Gasteiger partial charge on any atom is 0.308 e. The highest BCUT2D eigenvalue weighted by molar-refractivity contribution is 5.72. The summed E-state index contributed by atoms with van der Waals surface area (Å²) in [4.78, 5) is 24.2. The van der Waals surface area contributed by atoms with Gasteiger partial charge in [0.15, 0.2) is 0 Å². The molecule has 1 N–H and O–H groups in total. The number of ether oxygens (including phenoxy) is 2. The van der Waals surface area contributed by atoms with Crippen LogP contribution >= 0.6 is 0 Å². The largest absolute Gasteiger partial charge is 0.462 e. The van der Waals surface area contributed by atoms with Gasteiger partial charge >= 0.3 is 11.9 Å². The normalized spacial score (nSPS) is 37.9. The summed E-state index contributed by atoms with van der Waals surface area (Å²) in [5.74, 6) is 0.755. The molecule has 162 valence electrons. The number of hydrogen-bond donors (Lipinski definition) is 1. The molecule has 5 nitrogen and oxygen atoms in total. The zero-order valence-electron chi connectivity index (χ0n) is 18.2. The Morgan fingerprint density at radius 1 is 1.31 bits per heavy atom. The summed E-state index contributed by atoms with van der Waals surface area (Å²) in [6.07, 6.45) is 9.70. The molecule has 0 aromatic rings. The molecule has 1 heterocycles. The van der Waals surface area contributed by atoms with Gasteiger partial charge in [0, 0.05) is 12.3 Å². The van der Waals surface area contributed by atoms with Crippen LogP contribution in [0.25, 0.3) is 0 Å². The van der Waals surface area contributed by atoms with Crippen LogP contribution in [0.15, 0.2) is 23.8 Å². The summed E-state index contributed by atoms with van der Waals surface area (Å²) in [5, 5.41) is 9.89. The molecule has 0 aromatic carbocycles. The quantitative estimate of drug-likeness (QED) is 0.672. The zero-order chi connectivity index (χ0) is 21.1. The number of carbonyl (C=O) groups is 2. The minimum atomic E-state index is -0.597. The molecule has 3 rings (SSSR count). The second kappa shape index (κ2) is 9.46. The van der Waals surface area contributed by atoms with Crippen molar-refractivity contribution >= 4 is 11.9 Å². The molecule has 1 saturated heterocycles. The van der Waals surface area contributed by atoms with Gasteiger partial charge in [0.2, 0.25) is 0 Å². The number of hydrogen-bond acceptors (Lipinski definition) is 5. The first-order valence-electron chi connectivity index (χ1n) is 11.3. The predicted octanol–water partition coefficient (Wildman–Crippen LogP) is 4.20. The molecule has 0 saturated carbocycles. The van der Waals surface area contributed by atoms with Crippen molar-refractivity contribution in [3.05, 3.63) is 23.8 Å². The first kappa shape index (κ1) is 22.1. The Morgan fingerprint density at radius 3 is 2.76 bits per heavy atom. The van der Waals surface area contributed by atoms with Crippen LogP contribution in [0, 0.1) is 29.6 Å². The number of cyclic esters (lactones) is 1. The number of fused-ring (bicyclic) bond motifs is 1. The van der Waals surface area contributed by atoms with Crippen LogP contribution in [-0.4, -0.2) is 35.4 Å². The fourth-order valence-electron chi connectivity index (χ4n) is 5.07. The number of aliphatic hydroxyl groups is 1. The lowest BCUT2D eigenvalue weighted by Crippen LogP contribution is -2.42. The van der Waals surface area contributed by atoms with Crippen molar-refractivity contribution in [2.75, 3.05) is 0 Å². The van der Waals surface area contributed by atoms with E-state index in [4.69, 9.17) is 9.47 Å². The molecule has 1 fully saturated rings. The molecule has 0 amide bonds. The van der Waals surface area contributed by atoms with Gasteiger partial charge in [0.1, 0.15) is 12.2 Å². The highest BCUT2D eigenvalue weighted by Crippen LogP contribution is 2.45. The van der Waals surface area contributed by atoms with Crippen LogP contribution in [0.3, 0.4) is 0 Å². The lowest BCUT2D eigenvalue weighted by atomic mass is 9.65. The van der Waals surface area contributed by atoms with Crippen LogP contribution < -0.4 is 0 Å². The van der Waals surface area contributed by atoms with E-state index in [2.05, 4.69) is 32.1 Å². The number of carbonyl (C=O) groups excluding carboxylic acids is 2. The minimum absolute atomic E-state index is 0.0854. The maximum atomic E-state index is 12.5. The van der Waals surface area contributed by atoms with Crippen LogP contribution in [0.4, 0.5) is 0 Å². The van der Waals surface area contributed by atoms with Gasteiger partial charge in [0.25, 0.3) is 0 Å². The molecule has 0 aromatic heterocycles. The molecular formula is C24H36O5. The first-order chi connectivity index (χ1) is 13.8. The molecule has 0 radical (unpaired) electrons. The Kier molecular flexibility index (Phi) is 7.20. The average Bonchev–Trinajstić information content (AvgIpc) is 2.65. The maximum absolute atomic E-state index is 12.5. The smallest absolute Gasteiger partial charge is 0.308 e. The van der Waals surface area contributed by atoms with Gasteiger partial charge in [-0.15, -0.1) is 0 Å². The van der Waals surface area contributed by atoms with Gasteiger partial charge in [0.05, 0.1) is 18.4 Å². The van der Waals surface area contributed by atoms with E-state index in [1.807, 2.05) is 13.8 Å². The third kappa shape index (κ3) is 5.30. The second-order valence-electron chi connectivity index (χ2n) is 9.36. The summed E-state index contributed by atoms with van der Waals surface area (Å²) in [5.41, 5.74) is 1.27. The van der Waals surface area contributed by atoms with E-state index in [1.165, 1.54) is 5.57 Å².